The fraction of sp³-hybridized carbons (Fsp3) is 0.462. The number of carbonyl (C=O) groups excluding carboxylic acids is 2. The summed E-state index contributed by atoms with van der Waals surface area (Å²) in [5.74, 6) is -0.752. The molecule has 0 unspecified atom stereocenters. The van der Waals surface area contributed by atoms with Gasteiger partial charge in [0.1, 0.15) is 12.6 Å². The van der Waals surface area contributed by atoms with E-state index in [-0.39, 0.29) is 12.5 Å². The van der Waals surface area contributed by atoms with Gasteiger partial charge in [0, 0.05) is 12.1 Å². The molecule has 0 bridgehead atoms. The summed E-state index contributed by atoms with van der Waals surface area (Å²) in [5.41, 5.74) is 2.89. The van der Waals surface area contributed by atoms with E-state index in [1.165, 1.54) is 4.90 Å². The Bertz CT molecular complexity index is 1110. The average molecular weight is 488 g/mol. The lowest BCUT2D eigenvalue weighted by molar-refractivity contribution is -0.140. The Morgan fingerprint density at radius 3 is 2.12 bits per heavy atom. The predicted octanol–water partition coefficient (Wildman–Crippen LogP) is 3.66. The standard InChI is InChI=1S/C26H37N3O4S/c1-8-21-13-15-23(16-14-21)29(34(7,32)33)18-24(30)28(17-22-12-10-9-11-19(22)2)20(3)25(31)27-26(4,5)6/h9-16,20H,8,17-18H2,1-7H3,(H,27,31)/t20-/m1/s1. The van der Waals surface area contributed by atoms with E-state index in [1.54, 1.807) is 19.1 Å². The van der Waals surface area contributed by atoms with Gasteiger partial charge in [-0.2, -0.15) is 0 Å². The molecule has 2 amide bonds. The number of sulfonamides is 1. The van der Waals surface area contributed by atoms with E-state index in [9.17, 15) is 18.0 Å². The van der Waals surface area contributed by atoms with Crippen molar-refractivity contribution in [2.75, 3.05) is 17.1 Å². The third kappa shape index (κ3) is 7.58. The number of benzene rings is 2. The minimum atomic E-state index is -3.74. The molecule has 8 heteroatoms. The Morgan fingerprint density at radius 1 is 1.03 bits per heavy atom. The van der Waals surface area contributed by atoms with E-state index < -0.39 is 34.1 Å². The quantitative estimate of drug-likeness (QED) is 0.585. The highest BCUT2D eigenvalue weighted by Gasteiger charge is 2.31. The second kappa shape index (κ2) is 11.0. The first-order valence-electron chi connectivity index (χ1n) is 11.5. The minimum absolute atomic E-state index is 0.191. The fourth-order valence-electron chi connectivity index (χ4n) is 3.54. The fourth-order valence-corrected chi connectivity index (χ4v) is 4.39. The highest BCUT2D eigenvalue weighted by molar-refractivity contribution is 7.92. The molecule has 7 nitrogen and oxygen atoms in total. The Balaban J connectivity index is 2.41. The summed E-state index contributed by atoms with van der Waals surface area (Å²) in [6, 6.07) is 13.9. The van der Waals surface area contributed by atoms with Gasteiger partial charge in [-0.05, 0) is 69.9 Å². The smallest absolute Gasteiger partial charge is 0.244 e. The van der Waals surface area contributed by atoms with Crippen molar-refractivity contribution in [1.29, 1.82) is 0 Å². The first kappa shape index (κ1) is 27.4. The molecule has 2 aromatic carbocycles. The number of rotatable bonds is 9. The average Bonchev–Trinajstić information content (AvgIpc) is 2.74. The molecule has 2 aromatic rings. The first-order valence-corrected chi connectivity index (χ1v) is 13.3. The van der Waals surface area contributed by atoms with E-state index in [4.69, 9.17) is 0 Å². The van der Waals surface area contributed by atoms with Crippen LogP contribution in [0.5, 0.6) is 0 Å². The van der Waals surface area contributed by atoms with Crippen molar-refractivity contribution < 1.29 is 18.0 Å². The molecule has 0 saturated heterocycles. The monoisotopic (exact) mass is 487 g/mol. The molecule has 0 aliphatic rings. The minimum Gasteiger partial charge on any atom is -0.350 e. The zero-order valence-electron chi connectivity index (χ0n) is 21.3. The van der Waals surface area contributed by atoms with Crippen LogP contribution in [0.4, 0.5) is 5.69 Å². The zero-order chi connectivity index (χ0) is 25.7. The molecule has 0 aliphatic carbocycles. The number of hydrogen-bond donors (Lipinski definition) is 1. The van der Waals surface area contributed by atoms with Crippen LogP contribution in [0.2, 0.25) is 0 Å². The second-order valence-electron chi connectivity index (χ2n) is 9.65. The summed E-state index contributed by atoms with van der Waals surface area (Å²) < 4.78 is 26.3. The molecule has 0 spiro atoms. The number of aryl methyl sites for hydroxylation is 2. The molecule has 0 heterocycles. The normalized spacial score (nSPS) is 12.7. The van der Waals surface area contributed by atoms with Gasteiger partial charge in [0.05, 0.1) is 11.9 Å². The molecule has 1 N–H and O–H groups in total. The van der Waals surface area contributed by atoms with Crippen molar-refractivity contribution in [3.05, 3.63) is 65.2 Å². The van der Waals surface area contributed by atoms with Gasteiger partial charge < -0.3 is 10.2 Å². The molecular weight excluding hydrogens is 450 g/mol. The Labute approximate surface area is 204 Å². The van der Waals surface area contributed by atoms with Crippen LogP contribution in [0.25, 0.3) is 0 Å². The third-order valence-corrected chi connectivity index (χ3v) is 6.72. The SMILES string of the molecule is CCc1ccc(N(CC(=O)N(Cc2ccccc2C)[C@H](C)C(=O)NC(C)(C)C)S(C)(=O)=O)cc1. The summed E-state index contributed by atoms with van der Waals surface area (Å²) in [4.78, 5) is 28.0. The van der Waals surface area contributed by atoms with Crippen LogP contribution < -0.4 is 9.62 Å². The van der Waals surface area contributed by atoms with Crippen LogP contribution in [0.1, 0.15) is 51.3 Å². The molecule has 2 rings (SSSR count). The lowest BCUT2D eigenvalue weighted by atomic mass is 10.1. The van der Waals surface area contributed by atoms with Gasteiger partial charge in [0.2, 0.25) is 21.8 Å². The molecule has 0 aromatic heterocycles. The topological polar surface area (TPSA) is 86.8 Å². The molecule has 0 fully saturated rings. The van der Waals surface area contributed by atoms with Crippen LogP contribution in [0, 0.1) is 6.92 Å². The van der Waals surface area contributed by atoms with Crippen LogP contribution >= 0.6 is 0 Å². The highest BCUT2D eigenvalue weighted by Crippen LogP contribution is 2.21. The molecule has 34 heavy (non-hydrogen) atoms. The van der Waals surface area contributed by atoms with Crippen LogP contribution in [-0.4, -0.2) is 49.5 Å². The first-order chi connectivity index (χ1) is 15.7. The summed E-state index contributed by atoms with van der Waals surface area (Å²) in [7, 11) is -3.74. The van der Waals surface area contributed by atoms with Gasteiger partial charge in [-0.15, -0.1) is 0 Å². The number of anilines is 1. The molecule has 186 valence electrons. The summed E-state index contributed by atoms with van der Waals surface area (Å²) in [5, 5.41) is 2.92. The van der Waals surface area contributed by atoms with Crippen molar-refractivity contribution in [3.8, 4) is 0 Å². The third-order valence-electron chi connectivity index (χ3n) is 5.58. The van der Waals surface area contributed by atoms with Crippen LogP contribution in [-0.2, 0) is 32.6 Å². The lowest BCUT2D eigenvalue weighted by Gasteiger charge is -2.33. The highest BCUT2D eigenvalue weighted by atomic mass is 32.2. The molecule has 0 radical (unpaired) electrons. The van der Waals surface area contributed by atoms with E-state index >= 15 is 0 Å². The second-order valence-corrected chi connectivity index (χ2v) is 11.6. The van der Waals surface area contributed by atoms with Crippen molar-refractivity contribution in [3.63, 3.8) is 0 Å². The predicted molar refractivity (Wildman–Crippen MR) is 137 cm³/mol. The maximum atomic E-state index is 13.6. The van der Waals surface area contributed by atoms with Crippen molar-refractivity contribution in [2.45, 2.75) is 66.1 Å². The maximum absolute atomic E-state index is 13.6. The van der Waals surface area contributed by atoms with E-state index in [1.807, 2.05) is 71.0 Å². The Hall–Kier alpha value is -2.87. The molecular formula is C26H37N3O4S. The molecule has 0 aliphatic heterocycles. The van der Waals surface area contributed by atoms with Gasteiger partial charge in [-0.1, -0.05) is 43.3 Å². The number of amides is 2. The number of nitrogens with zero attached hydrogens (tertiary/aromatic N) is 2. The van der Waals surface area contributed by atoms with E-state index in [2.05, 4.69) is 5.32 Å². The van der Waals surface area contributed by atoms with Gasteiger partial charge in [0.25, 0.3) is 0 Å². The summed E-state index contributed by atoms with van der Waals surface area (Å²) in [6.07, 6.45) is 1.90. The van der Waals surface area contributed by atoms with Crippen molar-refractivity contribution in [2.24, 2.45) is 0 Å². The Morgan fingerprint density at radius 2 is 1.62 bits per heavy atom. The largest absolute Gasteiger partial charge is 0.350 e. The summed E-state index contributed by atoms with van der Waals surface area (Å²) in [6.45, 7) is 11.0. The van der Waals surface area contributed by atoms with E-state index in [0.717, 1.165) is 33.7 Å². The zero-order valence-corrected chi connectivity index (χ0v) is 22.1. The molecule has 0 saturated carbocycles. The summed E-state index contributed by atoms with van der Waals surface area (Å²) >= 11 is 0. The van der Waals surface area contributed by atoms with Gasteiger partial charge in [0.15, 0.2) is 0 Å². The number of hydrogen-bond acceptors (Lipinski definition) is 4. The maximum Gasteiger partial charge on any atom is 0.244 e. The van der Waals surface area contributed by atoms with Crippen molar-refractivity contribution >= 4 is 27.5 Å². The number of carbonyl (C=O) groups is 2. The van der Waals surface area contributed by atoms with Crippen molar-refractivity contribution in [1.82, 2.24) is 10.2 Å². The Kier molecular flexibility index (Phi) is 8.89. The lowest BCUT2D eigenvalue weighted by Crippen LogP contribution is -2.54. The number of nitrogens with one attached hydrogen (secondary N) is 1. The van der Waals surface area contributed by atoms with Crippen LogP contribution in [0.3, 0.4) is 0 Å². The van der Waals surface area contributed by atoms with Gasteiger partial charge >= 0.3 is 0 Å². The van der Waals surface area contributed by atoms with Gasteiger partial charge in [-0.25, -0.2) is 8.42 Å². The molecule has 1 atom stereocenters. The van der Waals surface area contributed by atoms with E-state index in [0.29, 0.717) is 5.69 Å². The van der Waals surface area contributed by atoms with Gasteiger partial charge in [-0.3, -0.25) is 13.9 Å². The van der Waals surface area contributed by atoms with Crippen LogP contribution in [0.15, 0.2) is 48.5 Å².